The van der Waals surface area contributed by atoms with Gasteiger partial charge in [-0.2, -0.15) is 4.98 Å². The average Bonchev–Trinajstić information content (AvgIpc) is 3.08. The van der Waals surface area contributed by atoms with Gasteiger partial charge in [-0.3, -0.25) is 4.90 Å². The van der Waals surface area contributed by atoms with Gasteiger partial charge in [0.05, 0.1) is 7.11 Å². The Morgan fingerprint density at radius 1 is 1.33 bits per heavy atom. The summed E-state index contributed by atoms with van der Waals surface area (Å²) < 4.78 is 5.16. The van der Waals surface area contributed by atoms with Crippen molar-refractivity contribution in [2.24, 2.45) is 0 Å². The van der Waals surface area contributed by atoms with Crippen LogP contribution in [0.4, 0.5) is 5.95 Å². The summed E-state index contributed by atoms with van der Waals surface area (Å²) in [6.07, 6.45) is 1.73. The van der Waals surface area contributed by atoms with Gasteiger partial charge in [0.2, 0.25) is 11.8 Å². The lowest BCUT2D eigenvalue weighted by Gasteiger charge is -2.34. The third-order valence-corrected chi connectivity index (χ3v) is 4.75. The van der Waals surface area contributed by atoms with E-state index >= 15 is 0 Å². The SMILES string of the molecule is COc1ccnc(N2CCN(Cc3cc(C#CCO)cs3)CC2)n1. The van der Waals surface area contributed by atoms with Crippen molar-refractivity contribution in [2.45, 2.75) is 6.54 Å². The Hall–Kier alpha value is -2.14. The molecule has 0 unspecified atom stereocenters. The van der Waals surface area contributed by atoms with Gasteiger partial charge in [0.15, 0.2) is 0 Å². The lowest BCUT2D eigenvalue weighted by atomic mass is 10.2. The van der Waals surface area contributed by atoms with Gasteiger partial charge in [-0.25, -0.2) is 4.98 Å². The Morgan fingerprint density at radius 3 is 2.92 bits per heavy atom. The summed E-state index contributed by atoms with van der Waals surface area (Å²) in [7, 11) is 1.62. The first kappa shape index (κ1) is 16.7. The van der Waals surface area contributed by atoms with Crippen molar-refractivity contribution >= 4 is 17.3 Å². The number of aliphatic hydroxyl groups is 1. The molecule has 2 aromatic heterocycles. The fraction of sp³-hybridized carbons (Fsp3) is 0.412. The highest BCUT2D eigenvalue weighted by Gasteiger charge is 2.19. The van der Waals surface area contributed by atoms with Crippen molar-refractivity contribution in [3.63, 3.8) is 0 Å². The van der Waals surface area contributed by atoms with Crippen LogP contribution >= 0.6 is 11.3 Å². The normalized spacial score (nSPS) is 15.0. The largest absolute Gasteiger partial charge is 0.481 e. The molecular weight excluding hydrogens is 324 g/mol. The lowest BCUT2D eigenvalue weighted by molar-refractivity contribution is 0.250. The van der Waals surface area contributed by atoms with Gasteiger partial charge in [-0.05, 0) is 6.07 Å². The van der Waals surface area contributed by atoms with E-state index in [2.05, 4.69) is 37.7 Å². The summed E-state index contributed by atoms with van der Waals surface area (Å²) in [6.45, 7) is 4.56. The van der Waals surface area contributed by atoms with Crippen LogP contribution in [0.3, 0.4) is 0 Å². The van der Waals surface area contributed by atoms with Gasteiger partial charge in [-0.15, -0.1) is 11.3 Å². The first-order chi connectivity index (χ1) is 11.8. The molecule has 7 heteroatoms. The molecule has 3 heterocycles. The van der Waals surface area contributed by atoms with Crippen LogP contribution in [0.5, 0.6) is 5.88 Å². The number of nitrogens with zero attached hydrogens (tertiary/aromatic N) is 4. The average molecular weight is 344 g/mol. The summed E-state index contributed by atoms with van der Waals surface area (Å²) in [5.74, 6) is 6.95. The molecule has 0 aromatic carbocycles. The van der Waals surface area contributed by atoms with E-state index < -0.39 is 0 Å². The van der Waals surface area contributed by atoms with Crippen molar-refractivity contribution in [2.75, 3.05) is 44.8 Å². The van der Waals surface area contributed by atoms with Gasteiger partial charge >= 0.3 is 0 Å². The van der Waals surface area contributed by atoms with Crippen LogP contribution < -0.4 is 9.64 Å². The molecule has 0 spiro atoms. The van der Waals surface area contributed by atoms with Crippen LogP contribution in [0.1, 0.15) is 10.4 Å². The number of anilines is 1. The summed E-state index contributed by atoms with van der Waals surface area (Å²) in [5.41, 5.74) is 0.979. The van der Waals surface area contributed by atoms with Crippen LogP contribution in [0.15, 0.2) is 23.7 Å². The molecule has 0 amide bonds. The minimum Gasteiger partial charge on any atom is -0.481 e. The number of hydrogen-bond acceptors (Lipinski definition) is 7. The zero-order valence-electron chi connectivity index (χ0n) is 13.6. The molecule has 0 saturated carbocycles. The minimum atomic E-state index is -0.0977. The summed E-state index contributed by atoms with van der Waals surface area (Å²) >= 11 is 1.72. The summed E-state index contributed by atoms with van der Waals surface area (Å²) in [4.78, 5) is 14.6. The molecule has 126 valence electrons. The Morgan fingerprint density at radius 2 is 2.17 bits per heavy atom. The Kier molecular flexibility index (Phi) is 5.64. The van der Waals surface area contributed by atoms with Gasteiger partial charge in [0.25, 0.3) is 0 Å². The molecule has 3 rings (SSSR count). The number of aliphatic hydroxyl groups excluding tert-OH is 1. The van der Waals surface area contributed by atoms with Crippen molar-refractivity contribution in [3.05, 3.63) is 34.2 Å². The number of piperazine rings is 1. The van der Waals surface area contributed by atoms with E-state index in [9.17, 15) is 0 Å². The second kappa shape index (κ2) is 8.11. The number of ether oxygens (including phenoxy) is 1. The number of rotatable bonds is 4. The van der Waals surface area contributed by atoms with E-state index in [1.807, 2.05) is 5.38 Å². The fourth-order valence-corrected chi connectivity index (χ4v) is 3.45. The van der Waals surface area contributed by atoms with E-state index in [1.54, 1.807) is 30.7 Å². The van der Waals surface area contributed by atoms with Crippen LogP contribution in [0.25, 0.3) is 0 Å². The highest BCUT2D eigenvalue weighted by molar-refractivity contribution is 7.10. The molecule has 0 radical (unpaired) electrons. The second-order valence-electron chi connectivity index (χ2n) is 5.42. The molecule has 6 nitrogen and oxygen atoms in total. The van der Waals surface area contributed by atoms with E-state index in [0.717, 1.165) is 44.2 Å². The van der Waals surface area contributed by atoms with Gasteiger partial charge in [0.1, 0.15) is 6.61 Å². The maximum Gasteiger partial charge on any atom is 0.228 e. The van der Waals surface area contributed by atoms with Crippen molar-refractivity contribution < 1.29 is 9.84 Å². The minimum absolute atomic E-state index is 0.0977. The fourth-order valence-electron chi connectivity index (χ4n) is 2.60. The third kappa shape index (κ3) is 4.23. The highest BCUT2D eigenvalue weighted by Crippen LogP contribution is 2.19. The van der Waals surface area contributed by atoms with Crippen molar-refractivity contribution in [1.82, 2.24) is 14.9 Å². The molecule has 24 heavy (non-hydrogen) atoms. The van der Waals surface area contributed by atoms with Crippen LogP contribution in [0, 0.1) is 11.8 Å². The second-order valence-corrected chi connectivity index (χ2v) is 6.42. The number of aromatic nitrogens is 2. The molecule has 0 bridgehead atoms. The Balaban J connectivity index is 1.54. The van der Waals surface area contributed by atoms with E-state index in [0.29, 0.717) is 5.88 Å². The first-order valence-electron chi connectivity index (χ1n) is 7.80. The number of thiophene rings is 1. The zero-order chi connectivity index (χ0) is 16.8. The van der Waals surface area contributed by atoms with Crippen molar-refractivity contribution in [3.8, 4) is 17.7 Å². The van der Waals surface area contributed by atoms with Crippen LogP contribution in [0.2, 0.25) is 0 Å². The first-order valence-corrected chi connectivity index (χ1v) is 8.68. The van der Waals surface area contributed by atoms with Gasteiger partial charge in [0, 0.05) is 60.8 Å². The molecule has 1 N–H and O–H groups in total. The maximum absolute atomic E-state index is 8.75. The molecule has 2 aromatic rings. The molecule has 1 aliphatic rings. The summed E-state index contributed by atoms with van der Waals surface area (Å²) in [6, 6.07) is 3.86. The van der Waals surface area contributed by atoms with E-state index in [-0.39, 0.29) is 6.61 Å². The molecular formula is C17H20N4O2S. The predicted molar refractivity (Wildman–Crippen MR) is 94.4 cm³/mol. The Labute approximate surface area is 145 Å². The number of methoxy groups -OCH3 is 1. The van der Waals surface area contributed by atoms with E-state index in [4.69, 9.17) is 9.84 Å². The van der Waals surface area contributed by atoms with Crippen LogP contribution in [-0.2, 0) is 6.54 Å². The molecule has 1 fully saturated rings. The molecule has 1 saturated heterocycles. The molecule has 0 atom stereocenters. The monoisotopic (exact) mass is 344 g/mol. The van der Waals surface area contributed by atoms with Gasteiger partial charge in [-0.1, -0.05) is 11.8 Å². The maximum atomic E-state index is 8.75. The summed E-state index contributed by atoms with van der Waals surface area (Å²) in [5, 5.41) is 10.8. The van der Waals surface area contributed by atoms with Crippen LogP contribution in [-0.4, -0.2) is 59.9 Å². The lowest BCUT2D eigenvalue weighted by Crippen LogP contribution is -2.46. The standard InChI is InChI=1S/C17H20N4O2S/c1-23-16-4-5-18-17(19-16)21-8-6-20(7-9-21)12-15-11-14(13-24-15)3-2-10-22/h4-5,11,13,22H,6-10,12H2,1H3. The van der Waals surface area contributed by atoms with Crippen molar-refractivity contribution in [1.29, 1.82) is 0 Å². The third-order valence-electron chi connectivity index (χ3n) is 3.83. The smallest absolute Gasteiger partial charge is 0.228 e. The number of hydrogen-bond donors (Lipinski definition) is 1. The zero-order valence-corrected chi connectivity index (χ0v) is 14.4. The topological polar surface area (TPSA) is 61.7 Å². The Bertz CT molecular complexity index is 729. The predicted octanol–water partition coefficient (Wildman–Crippen LogP) is 1.21. The molecule has 1 aliphatic heterocycles. The van der Waals surface area contributed by atoms with Gasteiger partial charge < -0.3 is 14.7 Å². The quantitative estimate of drug-likeness (QED) is 0.842. The molecule has 0 aliphatic carbocycles. The van der Waals surface area contributed by atoms with E-state index in [1.165, 1.54) is 4.88 Å². The highest BCUT2D eigenvalue weighted by atomic mass is 32.1.